The van der Waals surface area contributed by atoms with Crippen LogP contribution in [0.2, 0.25) is 5.02 Å². The molecule has 1 unspecified atom stereocenters. The highest BCUT2D eigenvalue weighted by Crippen LogP contribution is 2.16. The second-order valence-electron chi connectivity index (χ2n) is 3.18. The van der Waals surface area contributed by atoms with Crippen LogP contribution in [0.1, 0.15) is 5.56 Å². The molecule has 0 aliphatic carbocycles. The third-order valence-corrected chi connectivity index (χ3v) is 2.77. The van der Waals surface area contributed by atoms with Crippen LogP contribution in [0.25, 0.3) is 0 Å². The fourth-order valence-electron chi connectivity index (χ4n) is 1.29. The van der Waals surface area contributed by atoms with E-state index in [4.69, 9.17) is 28.0 Å². The molecule has 0 aromatic heterocycles. The van der Waals surface area contributed by atoms with Gasteiger partial charge in [-0.05, 0) is 12.1 Å². The molecule has 0 spiro atoms. The summed E-state index contributed by atoms with van der Waals surface area (Å²) in [7, 11) is 0. The molecule has 0 saturated heterocycles. The van der Waals surface area contributed by atoms with Gasteiger partial charge in [-0.15, -0.1) is 11.6 Å². The Hall–Kier alpha value is -0.930. The van der Waals surface area contributed by atoms with Crippen molar-refractivity contribution in [3.05, 3.63) is 34.9 Å². The van der Waals surface area contributed by atoms with Gasteiger partial charge in [0.2, 0.25) is 0 Å². The predicted molar refractivity (Wildman–Crippen MR) is 61.6 cm³/mol. The predicted octanol–water partition coefficient (Wildman–Crippen LogP) is 2.23. The molecule has 1 aliphatic rings. The van der Waals surface area contributed by atoms with Gasteiger partial charge in [0.25, 0.3) is 0 Å². The molecule has 2 rings (SSSR count). The molecular weight excluding hydrogens is 235 g/mol. The Morgan fingerprint density at radius 3 is 2.87 bits per heavy atom. The molecule has 1 N–H and O–H groups in total. The van der Waals surface area contributed by atoms with E-state index in [2.05, 4.69) is 10.5 Å². The Kier molecular flexibility index (Phi) is 3.34. The third-order valence-electron chi connectivity index (χ3n) is 2.09. The van der Waals surface area contributed by atoms with E-state index < -0.39 is 0 Å². The standard InChI is InChI=1S/C10H10Cl2N2O/c11-5-7-6-13-10(14-15-7)8-3-1-2-4-9(8)12/h1-4,7H,5-6H2,(H,13,14). The van der Waals surface area contributed by atoms with Crippen LogP contribution >= 0.6 is 23.2 Å². The maximum atomic E-state index is 6.03. The Labute approximate surface area is 98.0 Å². The lowest BCUT2D eigenvalue weighted by atomic mass is 10.2. The highest BCUT2D eigenvalue weighted by atomic mass is 35.5. The van der Waals surface area contributed by atoms with Gasteiger partial charge in [-0.2, -0.15) is 0 Å². The van der Waals surface area contributed by atoms with E-state index in [1.54, 1.807) is 0 Å². The number of nitrogens with zero attached hydrogens (tertiary/aromatic N) is 1. The van der Waals surface area contributed by atoms with E-state index >= 15 is 0 Å². The van der Waals surface area contributed by atoms with Gasteiger partial charge in [-0.25, -0.2) is 0 Å². The molecule has 15 heavy (non-hydrogen) atoms. The normalized spacial score (nSPS) is 20.1. The van der Waals surface area contributed by atoms with Gasteiger partial charge in [0, 0.05) is 5.56 Å². The molecule has 0 fully saturated rings. The topological polar surface area (TPSA) is 33.6 Å². The van der Waals surface area contributed by atoms with Crippen molar-refractivity contribution in [3.63, 3.8) is 0 Å². The molecule has 0 saturated carbocycles. The number of halogens is 2. The second-order valence-corrected chi connectivity index (χ2v) is 3.90. The summed E-state index contributed by atoms with van der Waals surface area (Å²) in [6.07, 6.45) is -0.0714. The van der Waals surface area contributed by atoms with Crippen molar-refractivity contribution in [3.8, 4) is 0 Å². The number of alkyl halides is 1. The molecule has 1 aromatic rings. The Morgan fingerprint density at radius 1 is 1.47 bits per heavy atom. The zero-order chi connectivity index (χ0) is 10.7. The molecule has 5 heteroatoms. The van der Waals surface area contributed by atoms with Gasteiger partial charge in [-0.1, -0.05) is 28.9 Å². The van der Waals surface area contributed by atoms with Crippen LogP contribution in [0.4, 0.5) is 0 Å². The van der Waals surface area contributed by atoms with Crippen LogP contribution in [0.3, 0.4) is 0 Å². The number of nitrogens with one attached hydrogen (secondary N) is 1. The van der Waals surface area contributed by atoms with Crippen LogP contribution in [-0.4, -0.2) is 24.4 Å². The number of amidine groups is 1. The van der Waals surface area contributed by atoms with Crippen LogP contribution in [-0.2, 0) is 4.84 Å². The maximum absolute atomic E-state index is 6.03. The average Bonchev–Trinajstić information content (AvgIpc) is 2.30. The van der Waals surface area contributed by atoms with Crippen molar-refractivity contribution < 1.29 is 4.84 Å². The minimum absolute atomic E-state index is 0.0714. The number of hydrogen-bond donors (Lipinski definition) is 1. The maximum Gasteiger partial charge on any atom is 0.174 e. The number of hydrogen-bond acceptors (Lipinski definition) is 3. The van der Waals surface area contributed by atoms with Crippen LogP contribution in [0.15, 0.2) is 29.4 Å². The van der Waals surface area contributed by atoms with Crippen molar-refractivity contribution in [2.75, 3.05) is 12.4 Å². The minimum Gasteiger partial charge on any atom is -0.388 e. The second kappa shape index (κ2) is 4.73. The summed E-state index contributed by atoms with van der Waals surface area (Å²) in [4.78, 5) is 5.18. The Bertz CT molecular complexity index is 381. The molecule has 3 nitrogen and oxygen atoms in total. The fraction of sp³-hybridized carbons (Fsp3) is 0.300. The van der Waals surface area contributed by atoms with Crippen LogP contribution in [0, 0.1) is 0 Å². The highest BCUT2D eigenvalue weighted by Gasteiger charge is 2.17. The van der Waals surface area contributed by atoms with Crippen molar-refractivity contribution in [2.24, 2.45) is 5.16 Å². The zero-order valence-corrected chi connectivity index (χ0v) is 9.42. The summed E-state index contributed by atoms with van der Waals surface area (Å²) in [5.74, 6) is 1.08. The van der Waals surface area contributed by atoms with E-state index in [1.807, 2.05) is 24.3 Å². The Balaban J connectivity index is 2.19. The number of benzene rings is 1. The molecule has 0 radical (unpaired) electrons. The monoisotopic (exact) mass is 244 g/mol. The first kappa shape index (κ1) is 10.6. The summed E-state index contributed by atoms with van der Waals surface area (Å²) in [6.45, 7) is 0.646. The smallest absolute Gasteiger partial charge is 0.174 e. The van der Waals surface area contributed by atoms with Gasteiger partial charge in [0.05, 0.1) is 17.4 Å². The van der Waals surface area contributed by atoms with Crippen molar-refractivity contribution in [1.82, 2.24) is 5.32 Å². The molecule has 80 valence electrons. The van der Waals surface area contributed by atoms with Crippen molar-refractivity contribution in [2.45, 2.75) is 6.10 Å². The van der Waals surface area contributed by atoms with Gasteiger partial charge in [-0.3, -0.25) is 0 Å². The lowest BCUT2D eigenvalue weighted by molar-refractivity contribution is 0.0661. The fourth-order valence-corrected chi connectivity index (χ4v) is 1.68. The summed E-state index contributed by atoms with van der Waals surface area (Å²) < 4.78 is 0. The molecule has 1 atom stereocenters. The zero-order valence-electron chi connectivity index (χ0n) is 7.91. The molecule has 1 aromatic carbocycles. The first-order valence-electron chi connectivity index (χ1n) is 4.60. The molecule has 1 aliphatic heterocycles. The Morgan fingerprint density at radius 2 is 2.27 bits per heavy atom. The molecule has 0 bridgehead atoms. The minimum atomic E-state index is -0.0714. The third kappa shape index (κ3) is 2.36. The molecule has 0 amide bonds. The van der Waals surface area contributed by atoms with E-state index in [-0.39, 0.29) is 6.10 Å². The summed E-state index contributed by atoms with van der Waals surface area (Å²) in [6, 6.07) is 7.48. The van der Waals surface area contributed by atoms with E-state index in [0.29, 0.717) is 23.3 Å². The van der Waals surface area contributed by atoms with Crippen molar-refractivity contribution >= 4 is 29.0 Å². The van der Waals surface area contributed by atoms with Crippen LogP contribution < -0.4 is 5.32 Å². The van der Waals surface area contributed by atoms with Gasteiger partial charge < -0.3 is 10.2 Å². The van der Waals surface area contributed by atoms with Gasteiger partial charge in [0.15, 0.2) is 11.9 Å². The SMILES string of the molecule is ClCC1CNC(c2ccccc2Cl)=NO1. The largest absolute Gasteiger partial charge is 0.388 e. The first-order chi connectivity index (χ1) is 7.31. The first-order valence-corrected chi connectivity index (χ1v) is 5.51. The quantitative estimate of drug-likeness (QED) is 0.810. The summed E-state index contributed by atoms with van der Waals surface area (Å²) in [5.41, 5.74) is 0.840. The summed E-state index contributed by atoms with van der Waals surface area (Å²) >= 11 is 11.7. The van der Waals surface area contributed by atoms with Gasteiger partial charge in [0.1, 0.15) is 0 Å². The molecular formula is C10H10Cl2N2O. The summed E-state index contributed by atoms with van der Waals surface area (Å²) in [5, 5.41) is 7.73. The van der Waals surface area contributed by atoms with Crippen LogP contribution in [0.5, 0.6) is 0 Å². The highest BCUT2D eigenvalue weighted by molar-refractivity contribution is 6.34. The van der Waals surface area contributed by atoms with E-state index in [1.165, 1.54) is 0 Å². The number of oxime groups is 1. The average molecular weight is 245 g/mol. The van der Waals surface area contributed by atoms with E-state index in [0.717, 1.165) is 5.56 Å². The lowest BCUT2D eigenvalue weighted by Crippen LogP contribution is -2.39. The number of rotatable bonds is 2. The van der Waals surface area contributed by atoms with Gasteiger partial charge >= 0.3 is 0 Å². The van der Waals surface area contributed by atoms with E-state index in [9.17, 15) is 0 Å². The molecule has 1 heterocycles. The lowest BCUT2D eigenvalue weighted by Gasteiger charge is -2.21. The van der Waals surface area contributed by atoms with Crippen molar-refractivity contribution in [1.29, 1.82) is 0 Å².